The minimum Gasteiger partial charge on any atom is -0.741 e. The van der Waals surface area contributed by atoms with Gasteiger partial charge in [-0.25, -0.2) is 13.0 Å². The Bertz CT molecular complexity index is 1060. The molecule has 0 aliphatic carbocycles. The van der Waals surface area contributed by atoms with Crippen molar-refractivity contribution in [2.24, 2.45) is 0 Å². The fourth-order valence-electron chi connectivity index (χ4n) is 2.30. The molecule has 16 heteroatoms. The van der Waals surface area contributed by atoms with Gasteiger partial charge in [0.1, 0.15) is 19.0 Å². The molecule has 2 rings (SSSR count). The molecule has 1 saturated heterocycles. The van der Waals surface area contributed by atoms with Crippen molar-refractivity contribution < 1.29 is 61.2 Å². The van der Waals surface area contributed by atoms with E-state index in [1.54, 1.807) is 24.3 Å². The molecule has 33 heavy (non-hydrogen) atoms. The van der Waals surface area contributed by atoms with Crippen LogP contribution in [-0.2, 0) is 29.2 Å². The van der Waals surface area contributed by atoms with Gasteiger partial charge in [0, 0.05) is 18.1 Å². The number of hydrogen-bond acceptors (Lipinski definition) is 7. The van der Waals surface area contributed by atoms with E-state index in [4.69, 9.17) is 17.7 Å². The molecule has 1 aromatic rings. The second-order valence-electron chi connectivity index (χ2n) is 6.20. The van der Waals surface area contributed by atoms with Crippen LogP contribution in [0.2, 0.25) is 0 Å². The fourth-order valence-corrected chi connectivity index (χ4v) is 2.84. The quantitative estimate of drug-likeness (QED) is 0.145. The highest BCUT2D eigenvalue weighted by Crippen LogP contribution is 2.27. The zero-order chi connectivity index (χ0) is 25.5. The standard InChI is InChI=1S/C16H19F3NO4S.CHF3O3S/c1-2-14(24-25(21,22)16(17,18)19)12-15(13-6-4-3-5-7-13)20-8-10-23-11-9-20;2-1(3,4)8(5,6)7/h3-7,12H,2,8-11H2,1H3;(H,5,6,7)/q+1;/p-1/b14-12+;. The van der Waals surface area contributed by atoms with Gasteiger partial charge >= 0.3 is 21.1 Å². The van der Waals surface area contributed by atoms with Gasteiger partial charge in [-0.3, -0.25) is 0 Å². The van der Waals surface area contributed by atoms with Crippen molar-refractivity contribution in [2.45, 2.75) is 24.4 Å². The molecular weight excluding hydrogens is 508 g/mol. The van der Waals surface area contributed by atoms with Crippen LogP contribution >= 0.6 is 0 Å². The molecule has 0 N–H and O–H groups in total. The summed E-state index contributed by atoms with van der Waals surface area (Å²) >= 11 is 0. The number of benzene rings is 1. The predicted molar refractivity (Wildman–Crippen MR) is 102 cm³/mol. The van der Waals surface area contributed by atoms with E-state index in [9.17, 15) is 34.8 Å². The van der Waals surface area contributed by atoms with Crippen LogP contribution in [0, 0.1) is 0 Å². The second kappa shape index (κ2) is 11.3. The lowest BCUT2D eigenvalue weighted by Gasteiger charge is -2.15. The maximum atomic E-state index is 12.6. The van der Waals surface area contributed by atoms with Crippen molar-refractivity contribution in [3.63, 3.8) is 0 Å². The monoisotopic (exact) mass is 527 g/mol. The zero-order valence-corrected chi connectivity index (χ0v) is 18.5. The van der Waals surface area contributed by atoms with Gasteiger partial charge in [-0.1, -0.05) is 25.1 Å². The topological polar surface area (TPSA) is 113 Å². The average molecular weight is 527 g/mol. The predicted octanol–water partition coefficient (Wildman–Crippen LogP) is 2.73. The summed E-state index contributed by atoms with van der Waals surface area (Å²) in [6, 6.07) is 9.00. The Morgan fingerprint density at radius 1 is 1.03 bits per heavy atom. The molecule has 0 unspecified atom stereocenters. The number of allylic oxidation sites excluding steroid dienone is 2. The van der Waals surface area contributed by atoms with Crippen LogP contribution in [0.1, 0.15) is 18.9 Å². The van der Waals surface area contributed by atoms with E-state index in [0.29, 0.717) is 32.0 Å². The molecule has 0 radical (unpaired) electrons. The Labute approximate surface area is 186 Å². The van der Waals surface area contributed by atoms with E-state index in [1.165, 1.54) is 13.0 Å². The third kappa shape index (κ3) is 8.94. The van der Waals surface area contributed by atoms with Crippen molar-refractivity contribution in [1.29, 1.82) is 0 Å². The summed E-state index contributed by atoms with van der Waals surface area (Å²) in [7, 11) is -11.8. The van der Waals surface area contributed by atoms with Crippen LogP contribution in [-0.4, -0.2) is 69.0 Å². The summed E-state index contributed by atoms with van der Waals surface area (Å²) in [5, 5.41) is 0. The van der Waals surface area contributed by atoms with E-state index < -0.39 is 31.3 Å². The largest absolute Gasteiger partial charge is 0.741 e. The summed E-state index contributed by atoms with van der Waals surface area (Å²) in [6.45, 7) is 3.58. The van der Waals surface area contributed by atoms with Crippen LogP contribution < -0.4 is 0 Å². The molecule has 1 aromatic carbocycles. The molecule has 1 aliphatic heterocycles. The number of alkyl halides is 6. The van der Waals surface area contributed by atoms with E-state index in [-0.39, 0.29) is 12.2 Å². The summed E-state index contributed by atoms with van der Waals surface area (Å²) < 4.78 is 131. The Morgan fingerprint density at radius 2 is 1.52 bits per heavy atom. The summed E-state index contributed by atoms with van der Waals surface area (Å²) in [4.78, 5) is 0. The summed E-state index contributed by atoms with van der Waals surface area (Å²) in [5.41, 5.74) is -9.76. The molecular formula is C17H19F6NO7S2. The number of ether oxygens (including phenoxy) is 1. The maximum absolute atomic E-state index is 12.6. The highest BCUT2D eigenvalue weighted by atomic mass is 32.2. The van der Waals surface area contributed by atoms with Crippen LogP contribution in [0.25, 0.3) is 0 Å². The SMILES string of the molecule is CC/C(=C\C(c1ccccc1)=[N+]1CCOCC1)OS(=O)(=O)C(F)(F)F.O=S(=O)([O-])C(F)(F)F. The number of hydrogen-bond donors (Lipinski definition) is 0. The van der Waals surface area contributed by atoms with Gasteiger partial charge in [-0.15, -0.1) is 0 Å². The normalized spacial score (nSPS) is 16.0. The number of nitrogens with zero attached hydrogens (tertiary/aromatic N) is 1. The molecule has 0 aromatic heterocycles. The minimum atomic E-state index is -6.09. The summed E-state index contributed by atoms with van der Waals surface area (Å²) in [5.74, 6) is -0.275. The van der Waals surface area contributed by atoms with Gasteiger partial charge in [0.05, 0.1) is 0 Å². The second-order valence-corrected chi connectivity index (χ2v) is 9.11. The lowest BCUT2D eigenvalue weighted by atomic mass is 10.1. The lowest BCUT2D eigenvalue weighted by Crippen LogP contribution is -2.33. The lowest BCUT2D eigenvalue weighted by molar-refractivity contribution is -0.548. The van der Waals surface area contributed by atoms with E-state index in [1.807, 2.05) is 10.6 Å². The van der Waals surface area contributed by atoms with Gasteiger partial charge in [0.15, 0.2) is 23.2 Å². The van der Waals surface area contributed by atoms with E-state index in [0.717, 1.165) is 5.56 Å². The highest BCUT2D eigenvalue weighted by Gasteiger charge is 2.48. The van der Waals surface area contributed by atoms with Crippen molar-refractivity contribution in [3.05, 3.63) is 47.7 Å². The fraction of sp³-hybridized carbons (Fsp3) is 0.471. The van der Waals surface area contributed by atoms with E-state index >= 15 is 0 Å². The van der Waals surface area contributed by atoms with Crippen LogP contribution in [0.4, 0.5) is 26.3 Å². The van der Waals surface area contributed by atoms with Crippen LogP contribution in [0.3, 0.4) is 0 Å². The smallest absolute Gasteiger partial charge is 0.534 e. The number of rotatable bonds is 5. The highest BCUT2D eigenvalue weighted by molar-refractivity contribution is 7.87. The molecule has 188 valence electrons. The van der Waals surface area contributed by atoms with Crippen molar-refractivity contribution in [1.82, 2.24) is 0 Å². The van der Waals surface area contributed by atoms with Crippen molar-refractivity contribution in [2.75, 3.05) is 26.3 Å². The minimum absolute atomic E-state index is 0.00398. The Morgan fingerprint density at radius 3 is 1.91 bits per heavy atom. The number of morpholine rings is 1. The molecule has 0 atom stereocenters. The molecule has 1 aliphatic rings. The van der Waals surface area contributed by atoms with Crippen LogP contribution in [0.15, 0.2) is 42.2 Å². The van der Waals surface area contributed by atoms with Gasteiger partial charge in [-0.2, -0.15) is 34.8 Å². The van der Waals surface area contributed by atoms with Crippen molar-refractivity contribution >= 4 is 25.9 Å². The van der Waals surface area contributed by atoms with E-state index in [2.05, 4.69) is 4.18 Å². The Kier molecular flexibility index (Phi) is 9.89. The molecule has 8 nitrogen and oxygen atoms in total. The average Bonchev–Trinajstić information content (AvgIpc) is 2.70. The van der Waals surface area contributed by atoms with Gasteiger partial charge in [0.2, 0.25) is 5.71 Å². The van der Waals surface area contributed by atoms with Gasteiger partial charge in [0.25, 0.3) is 0 Å². The first-order valence-corrected chi connectivity index (χ1v) is 11.8. The molecule has 0 saturated carbocycles. The molecule has 1 heterocycles. The first-order valence-electron chi connectivity index (χ1n) is 8.98. The third-order valence-electron chi connectivity index (χ3n) is 3.85. The van der Waals surface area contributed by atoms with Crippen molar-refractivity contribution in [3.8, 4) is 0 Å². The third-order valence-corrected chi connectivity index (χ3v) is 5.42. The molecule has 0 spiro atoms. The zero-order valence-electron chi connectivity index (χ0n) is 16.9. The molecule has 0 bridgehead atoms. The Balaban J connectivity index is 0.000000582. The van der Waals surface area contributed by atoms with Crippen LogP contribution in [0.5, 0.6) is 0 Å². The maximum Gasteiger partial charge on any atom is 0.534 e. The Hall–Kier alpha value is -2.17. The molecule has 1 fully saturated rings. The first kappa shape index (κ1) is 28.9. The first-order chi connectivity index (χ1) is 15.0. The van der Waals surface area contributed by atoms with Gasteiger partial charge < -0.3 is 13.5 Å². The number of halogens is 6. The molecule has 0 amide bonds. The summed E-state index contributed by atoms with van der Waals surface area (Å²) in [6.07, 6.45) is 1.35. The van der Waals surface area contributed by atoms with Gasteiger partial charge in [-0.05, 0) is 12.1 Å².